The number of hydrogen-bond donors (Lipinski definition) is 2. The number of nitrogens with zero attached hydrogens (tertiary/aromatic N) is 1. The van der Waals surface area contributed by atoms with E-state index in [1.54, 1.807) is 0 Å². The van der Waals surface area contributed by atoms with Crippen LogP contribution in [0.5, 0.6) is 0 Å². The first-order chi connectivity index (χ1) is 9.08. The van der Waals surface area contributed by atoms with Crippen LogP contribution in [0.1, 0.15) is 25.5 Å². The van der Waals surface area contributed by atoms with Gasteiger partial charge in [-0.3, -0.25) is 9.69 Å². The van der Waals surface area contributed by atoms with Gasteiger partial charge in [-0.2, -0.15) is 0 Å². The standard InChI is InChI=1S/C14H21ClN2O2/c1-3-17(8-9-18)10-14(19)16-11(2)12-6-4-5-7-13(12)15/h4-7,11,18H,3,8-10H2,1-2H3,(H,16,19). The monoisotopic (exact) mass is 284 g/mol. The fraction of sp³-hybridized carbons (Fsp3) is 0.500. The Balaban J connectivity index is 2.55. The first-order valence-corrected chi connectivity index (χ1v) is 6.83. The van der Waals surface area contributed by atoms with Crippen LogP contribution in [0.4, 0.5) is 0 Å². The van der Waals surface area contributed by atoms with Gasteiger partial charge in [0.05, 0.1) is 19.2 Å². The van der Waals surface area contributed by atoms with Crippen LogP contribution in [0.3, 0.4) is 0 Å². The lowest BCUT2D eigenvalue weighted by Gasteiger charge is -2.21. The summed E-state index contributed by atoms with van der Waals surface area (Å²) in [5.41, 5.74) is 0.905. The Labute approximate surface area is 119 Å². The molecule has 4 nitrogen and oxygen atoms in total. The van der Waals surface area contributed by atoms with Gasteiger partial charge >= 0.3 is 0 Å². The molecule has 1 amide bonds. The van der Waals surface area contributed by atoms with Crippen molar-refractivity contribution in [3.63, 3.8) is 0 Å². The summed E-state index contributed by atoms with van der Waals surface area (Å²) in [5, 5.41) is 12.5. The molecule has 0 saturated carbocycles. The molecule has 0 heterocycles. The molecule has 0 fully saturated rings. The number of likely N-dealkylation sites (N-methyl/N-ethyl adjacent to an activating group) is 1. The topological polar surface area (TPSA) is 52.6 Å². The predicted octanol–water partition coefficient (Wildman–Crippen LogP) is 1.83. The summed E-state index contributed by atoms with van der Waals surface area (Å²) in [5.74, 6) is -0.0669. The molecule has 2 N–H and O–H groups in total. The van der Waals surface area contributed by atoms with Gasteiger partial charge in [-0.25, -0.2) is 0 Å². The average Bonchev–Trinajstić information content (AvgIpc) is 2.38. The van der Waals surface area contributed by atoms with Gasteiger partial charge in [-0.15, -0.1) is 0 Å². The van der Waals surface area contributed by atoms with E-state index in [9.17, 15) is 4.79 Å². The number of rotatable bonds is 7. The number of aliphatic hydroxyl groups is 1. The number of carbonyl (C=O) groups excluding carboxylic acids is 1. The molecular formula is C14H21ClN2O2. The first-order valence-electron chi connectivity index (χ1n) is 6.45. The van der Waals surface area contributed by atoms with E-state index in [4.69, 9.17) is 16.7 Å². The van der Waals surface area contributed by atoms with Crippen molar-refractivity contribution in [2.75, 3.05) is 26.2 Å². The van der Waals surface area contributed by atoms with Crippen molar-refractivity contribution in [3.8, 4) is 0 Å². The fourth-order valence-electron chi connectivity index (χ4n) is 1.88. The van der Waals surface area contributed by atoms with E-state index in [1.807, 2.05) is 43.0 Å². The van der Waals surface area contributed by atoms with Crippen LogP contribution >= 0.6 is 11.6 Å². The average molecular weight is 285 g/mol. The number of nitrogens with one attached hydrogen (secondary N) is 1. The van der Waals surface area contributed by atoms with E-state index in [-0.39, 0.29) is 25.1 Å². The van der Waals surface area contributed by atoms with Crippen LogP contribution in [0, 0.1) is 0 Å². The molecule has 1 atom stereocenters. The molecule has 0 aliphatic carbocycles. The lowest BCUT2D eigenvalue weighted by molar-refractivity contribution is -0.122. The Morgan fingerprint density at radius 3 is 2.74 bits per heavy atom. The Morgan fingerprint density at radius 1 is 1.47 bits per heavy atom. The maximum atomic E-state index is 11.9. The molecule has 0 bridgehead atoms. The van der Waals surface area contributed by atoms with Gasteiger partial charge < -0.3 is 10.4 Å². The Kier molecular flexibility index (Phi) is 6.84. The molecular weight excluding hydrogens is 264 g/mol. The molecule has 0 spiro atoms. The summed E-state index contributed by atoms with van der Waals surface area (Å²) < 4.78 is 0. The van der Waals surface area contributed by atoms with E-state index in [0.717, 1.165) is 12.1 Å². The SMILES string of the molecule is CCN(CCO)CC(=O)NC(C)c1ccccc1Cl. The zero-order valence-corrected chi connectivity index (χ0v) is 12.2. The maximum Gasteiger partial charge on any atom is 0.234 e. The van der Waals surface area contributed by atoms with Gasteiger partial charge in [0.15, 0.2) is 0 Å². The van der Waals surface area contributed by atoms with Gasteiger partial charge in [-0.05, 0) is 25.1 Å². The van der Waals surface area contributed by atoms with Crippen LogP contribution in [-0.4, -0.2) is 42.2 Å². The second-order valence-corrected chi connectivity index (χ2v) is 4.81. The number of carbonyl (C=O) groups is 1. The van der Waals surface area contributed by atoms with Crippen molar-refractivity contribution in [3.05, 3.63) is 34.9 Å². The van der Waals surface area contributed by atoms with Crippen molar-refractivity contribution in [1.29, 1.82) is 0 Å². The molecule has 19 heavy (non-hydrogen) atoms. The summed E-state index contributed by atoms with van der Waals surface area (Å²) in [6, 6.07) is 7.34. The molecule has 0 aromatic heterocycles. The van der Waals surface area contributed by atoms with Crippen LogP contribution in [0.25, 0.3) is 0 Å². The Hall–Kier alpha value is -1.10. The highest BCUT2D eigenvalue weighted by Crippen LogP contribution is 2.21. The minimum atomic E-state index is -0.131. The molecule has 1 aromatic rings. The number of halogens is 1. The summed E-state index contributed by atoms with van der Waals surface area (Å²) >= 11 is 6.09. The van der Waals surface area contributed by atoms with Crippen LogP contribution < -0.4 is 5.32 Å². The zero-order chi connectivity index (χ0) is 14.3. The second-order valence-electron chi connectivity index (χ2n) is 4.40. The van der Waals surface area contributed by atoms with E-state index in [1.165, 1.54) is 0 Å². The smallest absolute Gasteiger partial charge is 0.234 e. The van der Waals surface area contributed by atoms with Gasteiger partial charge in [0.2, 0.25) is 5.91 Å². The third-order valence-electron chi connectivity index (χ3n) is 2.98. The normalized spacial score (nSPS) is 12.5. The third kappa shape index (κ3) is 5.19. The molecule has 1 aromatic carbocycles. The predicted molar refractivity (Wildman–Crippen MR) is 77.2 cm³/mol. The van der Waals surface area contributed by atoms with Crippen LogP contribution in [-0.2, 0) is 4.79 Å². The van der Waals surface area contributed by atoms with Crippen molar-refractivity contribution in [2.45, 2.75) is 19.9 Å². The highest BCUT2D eigenvalue weighted by Gasteiger charge is 2.14. The van der Waals surface area contributed by atoms with Gasteiger partial charge in [-0.1, -0.05) is 36.7 Å². The fourth-order valence-corrected chi connectivity index (χ4v) is 2.18. The molecule has 1 unspecified atom stereocenters. The molecule has 0 radical (unpaired) electrons. The molecule has 1 rings (SSSR count). The minimum Gasteiger partial charge on any atom is -0.395 e. The highest BCUT2D eigenvalue weighted by molar-refractivity contribution is 6.31. The molecule has 0 aliphatic heterocycles. The molecule has 106 valence electrons. The maximum absolute atomic E-state index is 11.9. The van der Waals surface area contributed by atoms with Crippen molar-refractivity contribution in [2.24, 2.45) is 0 Å². The van der Waals surface area contributed by atoms with Crippen molar-refractivity contribution in [1.82, 2.24) is 10.2 Å². The molecule has 0 aliphatic rings. The summed E-state index contributed by atoms with van der Waals surface area (Å²) in [6.07, 6.45) is 0. The Morgan fingerprint density at radius 2 is 2.16 bits per heavy atom. The van der Waals surface area contributed by atoms with Crippen LogP contribution in [0.2, 0.25) is 5.02 Å². The highest BCUT2D eigenvalue weighted by atomic mass is 35.5. The lowest BCUT2D eigenvalue weighted by Crippen LogP contribution is -2.39. The lowest BCUT2D eigenvalue weighted by atomic mass is 10.1. The van der Waals surface area contributed by atoms with Crippen molar-refractivity contribution >= 4 is 17.5 Å². The van der Waals surface area contributed by atoms with Gasteiger partial charge in [0, 0.05) is 11.6 Å². The quantitative estimate of drug-likeness (QED) is 0.803. The van der Waals surface area contributed by atoms with E-state index < -0.39 is 0 Å². The summed E-state index contributed by atoms with van der Waals surface area (Å²) in [4.78, 5) is 13.8. The van der Waals surface area contributed by atoms with Gasteiger partial charge in [0.25, 0.3) is 0 Å². The van der Waals surface area contributed by atoms with E-state index in [2.05, 4.69) is 5.32 Å². The number of benzene rings is 1. The van der Waals surface area contributed by atoms with E-state index >= 15 is 0 Å². The van der Waals surface area contributed by atoms with Crippen molar-refractivity contribution < 1.29 is 9.90 Å². The minimum absolute atomic E-state index is 0.0567. The third-order valence-corrected chi connectivity index (χ3v) is 3.32. The Bertz CT molecular complexity index is 412. The first kappa shape index (κ1) is 16.0. The number of aliphatic hydroxyl groups excluding tert-OH is 1. The van der Waals surface area contributed by atoms with Gasteiger partial charge in [0.1, 0.15) is 0 Å². The summed E-state index contributed by atoms with van der Waals surface area (Å²) in [7, 11) is 0. The number of amides is 1. The largest absolute Gasteiger partial charge is 0.395 e. The van der Waals surface area contributed by atoms with Crippen LogP contribution in [0.15, 0.2) is 24.3 Å². The van der Waals surface area contributed by atoms with E-state index in [0.29, 0.717) is 11.6 Å². The molecule has 0 saturated heterocycles. The molecule has 5 heteroatoms. The zero-order valence-electron chi connectivity index (χ0n) is 11.4. The number of hydrogen-bond acceptors (Lipinski definition) is 3. The summed E-state index contributed by atoms with van der Waals surface area (Å²) in [6.45, 7) is 5.44. The second kappa shape index (κ2) is 8.15.